The summed E-state index contributed by atoms with van der Waals surface area (Å²) in [5, 5.41) is 0. The molecule has 1 aromatic carbocycles. The molecule has 0 spiro atoms. The molecule has 1 aromatic rings. The topological polar surface area (TPSA) is 53.7 Å². The zero-order valence-electron chi connectivity index (χ0n) is 10.0. The molecule has 98 valence electrons. The Morgan fingerprint density at radius 3 is 1.94 bits per heavy atom. The number of nitrogens with two attached hydrogens (primary N) is 1. The van der Waals surface area contributed by atoms with Gasteiger partial charge in [0, 0.05) is 11.6 Å². The van der Waals surface area contributed by atoms with Gasteiger partial charge < -0.3 is 19.9 Å². The normalized spacial score (nSPS) is 11.4. The van der Waals surface area contributed by atoms with E-state index in [-0.39, 0.29) is 12.4 Å². The Morgan fingerprint density at radius 1 is 1.06 bits per heavy atom. The first-order chi connectivity index (χ1) is 7.67. The standard InChI is InChI=1S/C11H16FNO3.ClH/c1-14-9-5-11(16-3)10(15-2)4-7(9)8(13)6-12;/h4-5,8H,6,13H2,1-3H3;1H/t8-;/m1./s1. The van der Waals surface area contributed by atoms with Crippen LogP contribution in [0.5, 0.6) is 17.2 Å². The van der Waals surface area contributed by atoms with Crippen LogP contribution < -0.4 is 19.9 Å². The molecule has 1 atom stereocenters. The smallest absolute Gasteiger partial charge is 0.164 e. The SMILES string of the molecule is COc1cc(OC)c([C@H](N)CF)cc1OC.Cl. The zero-order chi connectivity index (χ0) is 12.1. The third-order valence-electron chi connectivity index (χ3n) is 2.30. The fourth-order valence-corrected chi connectivity index (χ4v) is 1.43. The number of benzene rings is 1. The Balaban J connectivity index is 0.00000256. The van der Waals surface area contributed by atoms with Gasteiger partial charge in [-0.1, -0.05) is 0 Å². The summed E-state index contributed by atoms with van der Waals surface area (Å²) in [7, 11) is 4.52. The van der Waals surface area contributed by atoms with Crippen molar-refractivity contribution in [3.8, 4) is 17.2 Å². The van der Waals surface area contributed by atoms with E-state index in [1.807, 2.05) is 0 Å². The minimum atomic E-state index is -0.727. The predicted molar refractivity (Wildman–Crippen MR) is 66.2 cm³/mol. The van der Waals surface area contributed by atoms with E-state index < -0.39 is 12.7 Å². The van der Waals surface area contributed by atoms with Gasteiger partial charge >= 0.3 is 0 Å². The van der Waals surface area contributed by atoms with Gasteiger partial charge in [-0.2, -0.15) is 0 Å². The van der Waals surface area contributed by atoms with Crippen molar-refractivity contribution in [1.29, 1.82) is 0 Å². The van der Waals surface area contributed by atoms with Crippen molar-refractivity contribution in [2.75, 3.05) is 28.0 Å². The summed E-state index contributed by atoms with van der Waals surface area (Å²) in [5.41, 5.74) is 6.19. The van der Waals surface area contributed by atoms with Gasteiger partial charge in [0.1, 0.15) is 12.4 Å². The third kappa shape index (κ3) is 3.38. The Hall–Kier alpha value is -1.20. The first-order valence-corrected chi connectivity index (χ1v) is 4.79. The number of hydrogen-bond acceptors (Lipinski definition) is 4. The molecule has 0 saturated carbocycles. The van der Waals surface area contributed by atoms with E-state index in [0.717, 1.165) is 0 Å². The molecule has 0 aliphatic carbocycles. The lowest BCUT2D eigenvalue weighted by Gasteiger charge is -2.16. The van der Waals surface area contributed by atoms with E-state index in [2.05, 4.69) is 0 Å². The molecular formula is C11H17ClFNO3. The summed E-state index contributed by atoms with van der Waals surface area (Å²) >= 11 is 0. The van der Waals surface area contributed by atoms with E-state index in [1.165, 1.54) is 21.3 Å². The molecule has 2 N–H and O–H groups in total. The summed E-state index contributed by atoms with van der Waals surface area (Å²) in [5.74, 6) is 1.51. The van der Waals surface area contributed by atoms with Crippen molar-refractivity contribution >= 4 is 12.4 Å². The van der Waals surface area contributed by atoms with Gasteiger partial charge in [-0.15, -0.1) is 12.4 Å². The molecular weight excluding hydrogens is 249 g/mol. The molecule has 0 saturated heterocycles. The maximum Gasteiger partial charge on any atom is 0.164 e. The van der Waals surface area contributed by atoms with Gasteiger partial charge in [0.05, 0.1) is 27.4 Å². The molecule has 0 aliphatic rings. The van der Waals surface area contributed by atoms with Crippen LogP contribution in [0.4, 0.5) is 4.39 Å². The third-order valence-corrected chi connectivity index (χ3v) is 2.30. The van der Waals surface area contributed by atoms with Gasteiger partial charge in [0.25, 0.3) is 0 Å². The first kappa shape index (κ1) is 15.8. The fourth-order valence-electron chi connectivity index (χ4n) is 1.43. The van der Waals surface area contributed by atoms with E-state index in [0.29, 0.717) is 22.8 Å². The molecule has 0 fully saturated rings. The van der Waals surface area contributed by atoms with Crippen molar-refractivity contribution in [1.82, 2.24) is 0 Å². The van der Waals surface area contributed by atoms with Crippen LogP contribution in [-0.4, -0.2) is 28.0 Å². The van der Waals surface area contributed by atoms with Crippen molar-refractivity contribution in [3.63, 3.8) is 0 Å². The lowest BCUT2D eigenvalue weighted by molar-refractivity contribution is 0.343. The van der Waals surface area contributed by atoms with Gasteiger partial charge in [0.2, 0.25) is 0 Å². The highest BCUT2D eigenvalue weighted by Crippen LogP contribution is 2.36. The number of halogens is 2. The Labute approximate surface area is 106 Å². The van der Waals surface area contributed by atoms with Crippen molar-refractivity contribution in [2.24, 2.45) is 5.73 Å². The Morgan fingerprint density at radius 2 is 1.53 bits per heavy atom. The quantitative estimate of drug-likeness (QED) is 0.886. The second kappa shape index (κ2) is 7.19. The van der Waals surface area contributed by atoms with Crippen LogP contribution in [0.2, 0.25) is 0 Å². The molecule has 0 radical (unpaired) electrons. The molecule has 0 aliphatic heterocycles. The molecule has 6 heteroatoms. The lowest BCUT2D eigenvalue weighted by Crippen LogP contribution is -2.13. The van der Waals surface area contributed by atoms with E-state index >= 15 is 0 Å². The van der Waals surface area contributed by atoms with Crippen molar-refractivity contribution in [3.05, 3.63) is 17.7 Å². The number of rotatable bonds is 5. The lowest BCUT2D eigenvalue weighted by atomic mass is 10.1. The van der Waals surface area contributed by atoms with Crippen LogP contribution in [0.15, 0.2) is 12.1 Å². The molecule has 0 heterocycles. The first-order valence-electron chi connectivity index (χ1n) is 4.79. The van der Waals surface area contributed by atoms with Gasteiger partial charge in [-0.3, -0.25) is 0 Å². The Kier molecular flexibility index (Phi) is 6.68. The fraction of sp³-hybridized carbons (Fsp3) is 0.455. The van der Waals surface area contributed by atoms with E-state index in [9.17, 15) is 4.39 Å². The molecule has 4 nitrogen and oxygen atoms in total. The second-order valence-corrected chi connectivity index (χ2v) is 3.21. The van der Waals surface area contributed by atoms with Gasteiger partial charge in [0.15, 0.2) is 11.5 Å². The minimum Gasteiger partial charge on any atom is -0.496 e. The maximum absolute atomic E-state index is 12.6. The monoisotopic (exact) mass is 265 g/mol. The average molecular weight is 266 g/mol. The molecule has 1 rings (SSSR count). The highest BCUT2D eigenvalue weighted by Gasteiger charge is 2.16. The van der Waals surface area contributed by atoms with Crippen LogP contribution in [0, 0.1) is 0 Å². The predicted octanol–water partition coefficient (Wildman–Crippen LogP) is 2.10. The molecule has 0 amide bonds. The number of hydrogen-bond donors (Lipinski definition) is 1. The average Bonchev–Trinajstić information content (AvgIpc) is 2.35. The summed E-state index contributed by atoms with van der Waals surface area (Å²) in [4.78, 5) is 0. The van der Waals surface area contributed by atoms with Crippen LogP contribution in [0.25, 0.3) is 0 Å². The van der Waals surface area contributed by atoms with Crippen LogP contribution in [0.3, 0.4) is 0 Å². The summed E-state index contributed by atoms with van der Waals surface area (Å²) in [6, 6.07) is 2.53. The zero-order valence-corrected chi connectivity index (χ0v) is 10.8. The number of ether oxygens (including phenoxy) is 3. The summed E-state index contributed by atoms with van der Waals surface area (Å²) in [6.07, 6.45) is 0. The van der Waals surface area contributed by atoms with Crippen LogP contribution in [0.1, 0.15) is 11.6 Å². The van der Waals surface area contributed by atoms with Crippen LogP contribution in [-0.2, 0) is 0 Å². The van der Waals surface area contributed by atoms with E-state index in [4.69, 9.17) is 19.9 Å². The highest BCUT2D eigenvalue weighted by atomic mass is 35.5. The highest BCUT2D eigenvalue weighted by molar-refractivity contribution is 5.85. The molecule has 0 unspecified atom stereocenters. The number of alkyl halides is 1. The van der Waals surface area contributed by atoms with E-state index in [1.54, 1.807) is 12.1 Å². The van der Waals surface area contributed by atoms with Crippen molar-refractivity contribution in [2.45, 2.75) is 6.04 Å². The second-order valence-electron chi connectivity index (χ2n) is 3.21. The summed E-state index contributed by atoms with van der Waals surface area (Å²) in [6.45, 7) is -0.661. The van der Waals surface area contributed by atoms with Gasteiger partial charge in [-0.25, -0.2) is 4.39 Å². The number of methoxy groups -OCH3 is 3. The maximum atomic E-state index is 12.6. The summed E-state index contributed by atoms with van der Waals surface area (Å²) < 4.78 is 27.9. The Bertz CT molecular complexity index is 363. The van der Waals surface area contributed by atoms with Gasteiger partial charge in [-0.05, 0) is 6.07 Å². The van der Waals surface area contributed by atoms with Crippen LogP contribution >= 0.6 is 12.4 Å². The minimum absolute atomic E-state index is 0. The molecule has 0 aromatic heterocycles. The largest absolute Gasteiger partial charge is 0.496 e. The molecule has 0 bridgehead atoms. The van der Waals surface area contributed by atoms with Crippen molar-refractivity contribution < 1.29 is 18.6 Å². The molecule has 17 heavy (non-hydrogen) atoms.